The molecule has 1 aromatic heterocycles. The van der Waals surface area contributed by atoms with E-state index in [-0.39, 0.29) is 0 Å². The molecule has 0 fully saturated rings. The Kier molecular flexibility index (Phi) is 5.03. The lowest BCUT2D eigenvalue weighted by Crippen LogP contribution is -2.10. The lowest BCUT2D eigenvalue weighted by molar-refractivity contribution is 0.328. The summed E-state index contributed by atoms with van der Waals surface area (Å²) < 4.78 is 5.26. The second-order valence-electron chi connectivity index (χ2n) is 2.79. The van der Waals surface area contributed by atoms with E-state index in [2.05, 4.69) is 21.5 Å². The van der Waals surface area contributed by atoms with Crippen molar-refractivity contribution in [1.82, 2.24) is 9.97 Å². The van der Waals surface area contributed by atoms with Crippen LogP contribution in [0.15, 0.2) is 6.33 Å². The Morgan fingerprint density at radius 1 is 1.53 bits per heavy atom. The quantitative estimate of drug-likeness (QED) is 0.713. The van der Waals surface area contributed by atoms with Crippen LogP contribution in [0.3, 0.4) is 0 Å². The molecule has 0 atom stereocenters. The lowest BCUT2D eigenvalue weighted by Gasteiger charge is -2.10. The van der Waals surface area contributed by atoms with Crippen molar-refractivity contribution >= 4 is 23.3 Å². The van der Waals surface area contributed by atoms with Gasteiger partial charge in [0.15, 0.2) is 5.82 Å². The topological polar surface area (TPSA) is 73.1 Å². The summed E-state index contributed by atoms with van der Waals surface area (Å²) in [5.41, 5.74) is 6.30. The van der Waals surface area contributed by atoms with Gasteiger partial charge in [-0.3, -0.25) is 0 Å². The van der Waals surface area contributed by atoms with Gasteiger partial charge >= 0.3 is 0 Å². The fraction of sp³-hybridized carbons (Fsp3) is 0.556. The largest absolute Gasteiger partial charge is 0.476 e. The van der Waals surface area contributed by atoms with Crippen LogP contribution >= 0.6 is 11.8 Å². The van der Waals surface area contributed by atoms with Gasteiger partial charge in [0.05, 0.1) is 6.61 Å². The van der Waals surface area contributed by atoms with Gasteiger partial charge in [0.25, 0.3) is 0 Å². The zero-order valence-electron chi connectivity index (χ0n) is 8.99. The molecule has 84 valence electrons. The minimum Gasteiger partial charge on any atom is -0.476 e. The Balaban J connectivity index is 2.66. The van der Waals surface area contributed by atoms with Crippen molar-refractivity contribution in [2.45, 2.75) is 6.92 Å². The van der Waals surface area contributed by atoms with E-state index < -0.39 is 0 Å². The van der Waals surface area contributed by atoms with Crippen molar-refractivity contribution in [3.8, 4) is 5.88 Å². The van der Waals surface area contributed by atoms with Gasteiger partial charge in [-0.1, -0.05) is 0 Å². The molecule has 0 unspecified atom stereocenters. The minimum absolute atomic E-state index is 0.444. The predicted octanol–water partition coefficient (Wildman–Crippen LogP) is 1.23. The average molecular weight is 228 g/mol. The summed E-state index contributed by atoms with van der Waals surface area (Å²) in [4.78, 5) is 8.01. The molecule has 0 spiro atoms. The molecule has 0 aliphatic carbocycles. The molecule has 1 aromatic rings. The zero-order valence-corrected chi connectivity index (χ0v) is 9.80. The van der Waals surface area contributed by atoms with E-state index in [1.165, 1.54) is 6.33 Å². The molecule has 0 aliphatic heterocycles. The SMILES string of the molecule is CCOc1ncnc(NCCSC)c1N. The van der Waals surface area contributed by atoms with Crippen LogP contribution in [0.4, 0.5) is 11.5 Å². The Labute approximate surface area is 93.8 Å². The molecule has 5 nitrogen and oxygen atoms in total. The summed E-state index contributed by atoms with van der Waals surface area (Å²) in [6.07, 6.45) is 3.50. The van der Waals surface area contributed by atoms with Gasteiger partial charge in [0.1, 0.15) is 12.0 Å². The Morgan fingerprint density at radius 2 is 2.33 bits per heavy atom. The van der Waals surface area contributed by atoms with Crippen molar-refractivity contribution in [1.29, 1.82) is 0 Å². The highest BCUT2D eigenvalue weighted by atomic mass is 32.2. The monoisotopic (exact) mass is 228 g/mol. The number of anilines is 2. The maximum atomic E-state index is 5.83. The zero-order chi connectivity index (χ0) is 11.1. The fourth-order valence-corrected chi connectivity index (χ4v) is 1.35. The first kappa shape index (κ1) is 11.9. The number of nitrogens with one attached hydrogen (secondary N) is 1. The van der Waals surface area contributed by atoms with Gasteiger partial charge in [0, 0.05) is 12.3 Å². The molecule has 0 bridgehead atoms. The molecule has 0 saturated carbocycles. The smallest absolute Gasteiger partial charge is 0.242 e. The average Bonchev–Trinajstić information content (AvgIpc) is 2.24. The van der Waals surface area contributed by atoms with Gasteiger partial charge in [-0.05, 0) is 13.2 Å². The van der Waals surface area contributed by atoms with Crippen molar-refractivity contribution in [3.63, 3.8) is 0 Å². The first-order valence-electron chi connectivity index (χ1n) is 4.75. The number of thioether (sulfide) groups is 1. The third kappa shape index (κ3) is 3.47. The molecule has 0 amide bonds. The summed E-state index contributed by atoms with van der Waals surface area (Å²) in [6, 6.07) is 0. The van der Waals surface area contributed by atoms with Crippen molar-refractivity contribution in [2.24, 2.45) is 0 Å². The summed E-state index contributed by atoms with van der Waals surface area (Å²) >= 11 is 1.76. The molecule has 1 heterocycles. The van der Waals surface area contributed by atoms with Crippen molar-refractivity contribution in [2.75, 3.05) is 36.2 Å². The fourth-order valence-electron chi connectivity index (χ4n) is 1.04. The van der Waals surface area contributed by atoms with Crippen LogP contribution in [0.25, 0.3) is 0 Å². The van der Waals surface area contributed by atoms with Crippen LogP contribution in [0.1, 0.15) is 6.92 Å². The van der Waals surface area contributed by atoms with Crippen LogP contribution in [0.5, 0.6) is 5.88 Å². The molecular formula is C9H16N4OS. The highest BCUT2D eigenvalue weighted by Gasteiger charge is 2.07. The molecule has 0 aliphatic rings. The predicted molar refractivity (Wildman–Crippen MR) is 64.5 cm³/mol. The van der Waals surface area contributed by atoms with Crippen LogP contribution < -0.4 is 15.8 Å². The van der Waals surface area contributed by atoms with E-state index in [4.69, 9.17) is 10.5 Å². The highest BCUT2D eigenvalue weighted by Crippen LogP contribution is 2.24. The maximum Gasteiger partial charge on any atom is 0.242 e. The molecule has 0 saturated heterocycles. The van der Waals surface area contributed by atoms with Crippen LogP contribution in [0.2, 0.25) is 0 Å². The van der Waals surface area contributed by atoms with E-state index in [1.54, 1.807) is 11.8 Å². The van der Waals surface area contributed by atoms with E-state index >= 15 is 0 Å². The van der Waals surface area contributed by atoms with Crippen LogP contribution in [-0.4, -0.2) is 35.1 Å². The van der Waals surface area contributed by atoms with Crippen molar-refractivity contribution in [3.05, 3.63) is 6.33 Å². The number of hydrogen-bond donors (Lipinski definition) is 2. The standard InChI is InChI=1S/C9H16N4OS/c1-3-14-9-7(10)8(12-6-13-9)11-4-5-15-2/h6H,3-5,10H2,1-2H3,(H,11,12,13). The van der Waals surface area contributed by atoms with Crippen LogP contribution in [-0.2, 0) is 0 Å². The molecule has 0 radical (unpaired) electrons. The molecular weight excluding hydrogens is 212 g/mol. The van der Waals surface area contributed by atoms with E-state index in [0.717, 1.165) is 12.3 Å². The van der Waals surface area contributed by atoms with Gasteiger partial charge in [0.2, 0.25) is 5.88 Å². The van der Waals surface area contributed by atoms with Gasteiger partial charge < -0.3 is 15.8 Å². The third-order valence-electron chi connectivity index (χ3n) is 1.73. The lowest BCUT2D eigenvalue weighted by atomic mass is 10.4. The van der Waals surface area contributed by atoms with Gasteiger partial charge in [-0.15, -0.1) is 0 Å². The first-order chi connectivity index (χ1) is 7.29. The number of nitrogens with zero attached hydrogens (tertiary/aromatic N) is 2. The molecule has 15 heavy (non-hydrogen) atoms. The van der Waals surface area contributed by atoms with Crippen molar-refractivity contribution < 1.29 is 4.74 Å². The van der Waals surface area contributed by atoms with E-state index in [0.29, 0.717) is 24.0 Å². The molecule has 0 aromatic carbocycles. The maximum absolute atomic E-state index is 5.83. The second kappa shape index (κ2) is 6.34. The number of aromatic nitrogens is 2. The number of hydrogen-bond acceptors (Lipinski definition) is 6. The van der Waals surface area contributed by atoms with Gasteiger partial charge in [-0.2, -0.15) is 16.7 Å². The summed E-state index contributed by atoms with van der Waals surface area (Å²) in [7, 11) is 0. The minimum atomic E-state index is 0.444. The number of nitrogen functional groups attached to an aromatic ring is 1. The van der Waals surface area contributed by atoms with Crippen LogP contribution in [0, 0.1) is 0 Å². The number of rotatable bonds is 6. The third-order valence-corrected chi connectivity index (χ3v) is 2.34. The normalized spacial score (nSPS) is 10.0. The highest BCUT2D eigenvalue weighted by molar-refractivity contribution is 7.98. The summed E-state index contributed by atoms with van der Waals surface area (Å²) in [5, 5.41) is 3.14. The molecule has 3 N–H and O–H groups in total. The summed E-state index contributed by atoms with van der Waals surface area (Å²) in [5.74, 6) is 2.09. The summed E-state index contributed by atoms with van der Waals surface area (Å²) in [6.45, 7) is 3.27. The first-order valence-corrected chi connectivity index (χ1v) is 6.15. The number of nitrogens with two attached hydrogens (primary N) is 1. The molecule has 1 rings (SSSR count). The Morgan fingerprint density at radius 3 is 3.00 bits per heavy atom. The number of ether oxygens (including phenoxy) is 1. The van der Waals surface area contributed by atoms with E-state index in [1.807, 2.05) is 6.92 Å². The second-order valence-corrected chi connectivity index (χ2v) is 3.78. The Hall–Kier alpha value is -1.17. The van der Waals surface area contributed by atoms with E-state index in [9.17, 15) is 0 Å². The molecule has 6 heteroatoms. The van der Waals surface area contributed by atoms with Gasteiger partial charge in [-0.25, -0.2) is 4.98 Å². The Bertz CT molecular complexity index is 308.